The van der Waals surface area contributed by atoms with Crippen LogP contribution in [0.3, 0.4) is 0 Å². The van der Waals surface area contributed by atoms with Crippen molar-refractivity contribution < 1.29 is 4.79 Å². The molecule has 0 aromatic carbocycles. The van der Waals surface area contributed by atoms with Gasteiger partial charge in [-0.3, -0.25) is 14.2 Å². The fraction of sp³-hybridized carbons (Fsp3) is 0.562. The molecule has 2 aromatic rings. The molecule has 0 amide bonds. The average molecular weight is 288 g/mol. The first kappa shape index (κ1) is 15.5. The third-order valence-electron chi connectivity index (χ3n) is 3.85. The van der Waals surface area contributed by atoms with E-state index in [1.807, 2.05) is 23.3 Å². The molecule has 2 heterocycles. The maximum atomic E-state index is 11.9. The summed E-state index contributed by atoms with van der Waals surface area (Å²) in [5.74, 6) is 0.106. The second-order valence-electron chi connectivity index (χ2n) is 5.29. The van der Waals surface area contributed by atoms with Crippen LogP contribution in [0.25, 0.3) is 0 Å². The topological polar surface area (TPSA) is 52.7 Å². The van der Waals surface area contributed by atoms with Crippen LogP contribution in [0.4, 0.5) is 0 Å². The zero-order valence-electron chi connectivity index (χ0n) is 13.6. The summed E-state index contributed by atoms with van der Waals surface area (Å²) in [5, 5.41) is 9.12. The van der Waals surface area contributed by atoms with Gasteiger partial charge in [-0.1, -0.05) is 20.8 Å². The third kappa shape index (κ3) is 2.91. The Kier molecular flexibility index (Phi) is 4.60. The van der Waals surface area contributed by atoms with Gasteiger partial charge in [0.25, 0.3) is 0 Å². The molecule has 0 fully saturated rings. The number of hydrogen-bond donors (Lipinski definition) is 0. The summed E-state index contributed by atoms with van der Waals surface area (Å²) < 4.78 is 3.87. The zero-order valence-corrected chi connectivity index (χ0v) is 13.6. The van der Waals surface area contributed by atoms with Crippen LogP contribution in [0.2, 0.25) is 0 Å². The molecule has 0 aliphatic carbocycles. The predicted molar refractivity (Wildman–Crippen MR) is 82.7 cm³/mol. The molecule has 0 saturated carbocycles. The molecule has 0 saturated heterocycles. The van der Waals surface area contributed by atoms with Gasteiger partial charge in [0.05, 0.1) is 29.2 Å². The number of rotatable bonds is 6. The molecular weight excluding hydrogens is 264 g/mol. The smallest absolute Gasteiger partial charge is 0.163 e. The number of carbonyl (C=O) groups excluding carboxylic acids is 1. The maximum absolute atomic E-state index is 11.9. The molecule has 2 rings (SSSR count). The maximum Gasteiger partial charge on any atom is 0.163 e. The Morgan fingerprint density at radius 3 is 2.33 bits per heavy atom. The van der Waals surface area contributed by atoms with Crippen molar-refractivity contribution in [1.82, 2.24) is 19.6 Å². The van der Waals surface area contributed by atoms with E-state index in [2.05, 4.69) is 30.1 Å². The molecule has 0 aliphatic rings. The van der Waals surface area contributed by atoms with Crippen molar-refractivity contribution in [3.05, 3.63) is 34.4 Å². The van der Waals surface area contributed by atoms with Crippen molar-refractivity contribution in [2.24, 2.45) is 7.05 Å². The van der Waals surface area contributed by atoms with Crippen LogP contribution in [0, 0.1) is 0 Å². The van der Waals surface area contributed by atoms with Crippen molar-refractivity contribution in [2.45, 2.75) is 53.5 Å². The van der Waals surface area contributed by atoms with E-state index in [1.165, 1.54) is 0 Å². The normalized spacial score (nSPS) is 11.1. The van der Waals surface area contributed by atoms with Crippen LogP contribution in [-0.4, -0.2) is 25.3 Å². The Labute approximate surface area is 126 Å². The molecule has 0 atom stereocenters. The summed E-state index contributed by atoms with van der Waals surface area (Å²) >= 11 is 0. The molecule has 0 aliphatic heterocycles. The van der Waals surface area contributed by atoms with E-state index in [0.29, 0.717) is 6.54 Å². The highest BCUT2D eigenvalue weighted by molar-refractivity contribution is 5.96. The number of aromatic nitrogens is 4. The molecule has 0 radical (unpaired) electrons. The van der Waals surface area contributed by atoms with Gasteiger partial charge in [0.1, 0.15) is 0 Å². The molecule has 114 valence electrons. The summed E-state index contributed by atoms with van der Waals surface area (Å²) in [6.45, 7) is 8.49. The number of Topliss-reactive ketones (excluding diaryl/α,β-unsaturated/α-hetero) is 1. The minimum Gasteiger partial charge on any atom is -0.294 e. The first-order chi connectivity index (χ1) is 10.0. The van der Waals surface area contributed by atoms with Crippen molar-refractivity contribution >= 4 is 5.78 Å². The molecule has 5 nitrogen and oxygen atoms in total. The van der Waals surface area contributed by atoms with Gasteiger partial charge < -0.3 is 0 Å². The Bertz CT molecular complexity index is 652. The minimum absolute atomic E-state index is 0.106. The number of nitrogens with zero attached hydrogens (tertiary/aromatic N) is 4. The van der Waals surface area contributed by atoms with Gasteiger partial charge in [0.2, 0.25) is 0 Å². The second-order valence-corrected chi connectivity index (χ2v) is 5.29. The lowest BCUT2D eigenvalue weighted by atomic mass is 10.1. The third-order valence-corrected chi connectivity index (χ3v) is 3.85. The largest absolute Gasteiger partial charge is 0.294 e. The Hall–Kier alpha value is -1.91. The van der Waals surface area contributed by atoms with Gasteiger partial charge in [-0.05, 0) is 32.3 Å². The molecule has 0 bridgehead atoms. The monoisotopic (exact) mass is 288 g/mol. The second kappa shape index (κ2) is 6.24. The SMILES string of the molecule is CCc1cc(Cn2nc(CC)c(C(C)=O)c2CC)n(C)n1. The Morgan fingerprint density at radius 1 is 1.14 bits per heavy atom. The van der Waals surface area contributed by atoms with Gasteiger partial charge in [-0.2, -0.15) is 10.2 Å². The average Bonchev–Trinajstić information content (AvgIpc) is 2.99. The van der Waals surface area contributed by atoms with E-state index < -0.39 is 0 Å². The predicted octanol–water partition coefficient (Wildman–Crippen LogP) is 2.55. The lowest BCUT2D eigenvalue weighted by Gasteiger charge is -2.07. The van der Waals surface area contributed by atoms with Crippen LogP contribution in [0.15, 0.2) is 6.07 Å². The molecule has 0 spiro atoms. The number of hydrogen-bond acceptors (Lipinski definition) is 3. The van der Waals surface area contributed by atoms with E-state index in [0.717, 1.165) is 47.6 Å². The summed E-state index contributed by atoms with van der Waals surface area (Å²) in [6.07, 6.45) is 2.51. The van der Waals surface area contributed by atoms with E-state index in [-0.39, 0.29) is 5.78 Å². The van der Waals surface area contributed by atoms with Gasteiger partial charge in [0.15, 0.2) is 5.78 Å². The summed E-state index contributed by atoms with van der Waals surface area (Å²) in [5.41, 5.74) is 4.93. The van der Waals surface area contributed by atoms with Crippen molar-refractivity contribution in [3.63, 3.8) is 0 Å². The highest BCUT2D eigenvalue weighted by Gasteiger charge is 2.19. The van der Waals surface area contributed by atoms with Gasteiger partial charge in [0, 0.05) is 12.7 Å². The minimum atomic E-state index is 0.106. The zero-order chi connectivity index (χ0) is 15.6. The molecule has 5 heteroatoms. The highest BCUT2D eigenvalue weighted by Crippen LogP contribution is 2.18. The fourth-order valence-corrected chi connectivity index (χ4v) is 2.74. The van der Waals surface area contributed by atoms with Crippen LogP contribution < -0.4 is 0 Å². The standard InChI is InChI=1S/C16H24N4O/c1-6-12-9-13(19(5)17-12)10-20-15(8-3)16(11(4)21)14(7-2)18-20/h9H,6-8,10H2,1-5H3. The first-order valence-electron chi connectivity index (χ1n) is 7.62. The molecule has 2 aromatic heterocycles. The summed E-state index contributed by atoms with van der Waals surface area (Å²) in [4.78, 5) is 11.9. The highest BCUT2D eigenvalue weighted by atomic mass is 16.1. The fourth-order valence-electron chi connectivity index (χ4n) is 2.74. The van der Waals surface area contributed by atoms with Crippen molar-refractivity contribution in [2.75, 3.05) is 0 Å². The molecule has 0 unspecified atom stereocenters. The lowest BCUT2D eigenvalue weighted by Crippen LogP contribution is -2.10. The molecule has 0 N–H and O–H groups in total. The Balaban J connectivity index is 2.44. The molecule has 21 heavy (non-hydrogen) atoms. The lowest BCUT2D eigenvalue weighted by molar-refractivity contribution is 0.101. The van der Waals surface area contributed by atoms with Crippen molar-refractivity contribution in [3.8, 4) is 0 Å². The van der Waals surface area contributed by atoms with Crippen molar-refractivity contribution in [1.29, 1.82) is 0 Å². The number of aryl methyl sites for hydroxylation is 3. The number of carbonyl (C=O) groups is 1. The van der Waals surface area contributed by atoms with Gasteiger partial charge >= 0.3 is 0 Å². The number of ketones is 1. The van der Waals surface area contributed by atoms with Crippen LogP contribution >= 0.6 is 0 Å². The van der Waals surface area contributed by atoms with Crippen LogP contribution in [-0.2, 0) is 32.9 Å². The van der Waals surface area contributed by atoms with E-state index in [9.17, 15) is 4.79 Å². The molecular formula is C16H24N4O. The Morgan fingerprint density at radius 2 is 1.86 bits per heavy atom. The quantitative estimate of drug-likeness (QED) is 0.768. The van der Waals surface area contributed by atoms with E-state index in [4.69, 9.17) is 0 Å². The summed E-state index contributed by atoms with van der Waals surface area (Å²) in [6, 6.07) is 2.11. The first-order valence-corrected chi connectivity index (χ1v) is 7.62. The van der Waals surface area contributed by atoms with Crippen LogP contribution in [0.5, 0.6) is 0 Å². The van der Waals surface area contributed by atoms with E-state index >= 15 is 0 Å². The van der Waals surface area contributed by atoms with Gasteiger partial charge in [-0.15, -0.1) is 0 Å². The van der Waals surface area contributed by atoms with Crippen LogP contribution in [0.1, 0.15) is 60.8 Å². The van der Waals surface area contributed by atoms with E-state index in [1.54, 1.807) is 6.92 Å². The summed E-state index contributed by atoms with van der Waals surface area (Å²) in [7, 11) is 1.95. The van der Waals surface area contributed by atoms with Gasteiger partial charge in [-0.25, -0.2) is 0 Å².